The van der Waals surface area contributed by atoms with Crippen LogP contribution in [0.3, 0.4) is 0 Å². The van der Waals surface area contributed by atoms with Crippen LogP contribution in [0.2, 0.25) is 0 Å². The van der Waals surface area contributed by atoms with Gasteiger partial charge in [-0.15, -0.1) is 0 Å². The van der Waals surface area contributed by atoms with Crippen molar-refractivity contribution in [2.75, 3.05) is 11.4 Å². The quantitative estimate of drug-likeness (QED) is 0.868. The first-order valence-electron chi connectivity index (χ1n) is 7.02. The minimum absolute atomic E-state index is 0.0494. The van der Waals surface area contributed by atoms with E-state index in [0.29, 0.717) is 5.69 Å². The summed E-state index contributed by atoms with van der Waals surface area (Å²) in [6, 6.07) is 4.84. The number of carbonyl (C=O) groups excluding carboxylic acids is 1. The summed E-state index contributed by atoms with van der Waals surface area (Å²) in [4.78, 5) is 13.2. The van der Waals surface area contributed by atoms with Crippen molar-refractivity contribution in [3.05, 3.63) is 29.6 Å². The van der Waals surface area contributed by atoms with Gasteiger partial charge in [0, 0.05) is 17.3 Å². The van der Waals surface area contributed by atoms with E-state index in [1.165, 1.54) is 13.0 Å². The first-order chi connectivity index (χ1) is 9.50. The molecule has 1 fully saturated rings. The molecule has 110 valence electrons. The molecular formula is C15H21FN2O2. The van der Waals surface area contributed by atoms with Gasteiger partial charge in [-0.2, -0.15) is 0 Å². The first-order valence-corrected chi connectivity index (χ1v) is 7.02. The molecule has 0 spiro atoms. The van der Waals surface area contributed by atoms with Gasteiger partial charge in [0.25, 0.3) is 0 Å². The predicted molar refractivity (Wildman–Crippen MR) is 75.8 cm³/mol. The number of aliphatic hydroxyl groups excluding tert-OH is 1. The van der Waals surface area contributed by atoms with Crippen LogP contribution in [0.1, 0.15) is 44.3 Å². The zero-order chi connectivity index (χ0) is 14.7. The van der Waals surface area contributed by atoms with Crippen molar-refractivity contribution < 1.29 is 14.3 Å². The topological polar surface area (TPSA) is 66.6 Å². The number of rotatable bonds is 5. The average Bonchev–Trinajstić information content (AvgIpc) is 2.88. The highest BCUT2D eigenvalue weighted by Gasteiger charge is 2.27. The molecule has 20 heavy (non-hydrogen) atoms. The van der Waals surface area contributed by atoms with Crippen LogP contribution < -0.4 is 10.6 Å². The highest BCUT2D eigenvalue weighted by atomic mass is 19.1. The number of carbonyl (C=O) groups is 1. The van der Waals surface area contributed by atoms with Crippen LogP contribution in [0.15, 0.2) is 18.2 Å². The molecule has 5 heteroatoms. The Labute approximate surface area is 118 Å². The summed E-state index contributed by atoms with van der Waals surface area (Å²) in [5.41, 5.74) is 6.14. The zero-order valence-corrected chi connectivity index (χ0v) is 11.7. The van der Waals surface area contributed by atoms with Crippen molar-refractivity contribution in [2.45, 2.75) is 44.8 Å². The molecule has 1 aliphatic carbocycles. The van der Waals surface area contributed by atoms with Crippen LogP contribution in [-0.2, 0) is 4.79 Å². The third-order valence-corrected chi connectivity index (χ3v) is 3.85. The molecule has 0 aliphatic heterocycles. The number of nitrogens with zero attached hydrogens (tertiary/aromatic N) is 1. The number of anilines is 1. The molecule has 0 heterocycles. The number of benzene rings is 1. The van der Waals surface area contributed by atoms with E-state index in [0.717, 1.165) is 25.7 Å². The lowest BCUT2D eigenvalue weighted by molar-refractivity contribution is -0.116. The fourth-order valence-corrected chi connectivity index (χ4v) is 2.98. The number of nitrogens with two attached hydrogens (primary N) is 1. The minimum atomic E-state index is -0.928. The van der Waals surface area contributed by atoms with Gasteiger partial charge in [0.15, 0.2) is 0 Å². The van der Waals surface area contributed by atoms with Crippen molar-refractivity contribution in [1.29, 1.82) is 0 Å². The Morgan fingerprint density at radius 3 is 2.70 bits per heavy atom. The van der Waals surface area contributed by atoms with Gasteiger partial charge in [-0.25, -0.2) is 4.39 Å². The summed E-state index contributed by atoms with van der Waals surface area (Å²) in [5, 5.41) is 9.83. The number of hydrogen-bond acceptors (Lipinski definition) is 3. The largest absolute Gasteiger partial charge is 0.389 e. The lowest BCUT2D eigenvalue weighted by Crippen LogP contribution is -2.41. The van der Waals surface area contributed by atoms with E-state index >= 15 is 0 Å². The standard InChI is InChI=1S/C15H21FN2O2/c1-10(19)15-12(16)7-4-8-13(15)18(9-14(17)20)11-5-2-3-6-11/h4,7-8,10-11,19H,2-3,5-6,9H2,1H3,(H2,17,20)/t10-/m1/s1. The molecule has 0 bridgehead atoms. The van der Waals surface area contributed by atoms with E-state index in [9.17, 15) is 14.3 Å². The van der Waals surface area contributed by atoms with Gasteiger partial charge in [0.2, 0.25) is 5.91 Å². The fraction of sp³-hybridized carbons (Fsp3) is 0.533. The molecule has 0 saturated heterocycles. The summed E-state index contributed by atoms with van der Waals surface area (Å²) >= 11 is 0. The molecule has 1 aromatic carbocycles. The fourth-order valence-electron chi connectivity index (χ4n) is 2.98. The monoisotopic (exact) mass is 280 g/mol. The molecule has 0 unspecified atom stereocenters. The highest BCUT2D eigenvalue weighted by molar-refractivity contribution is 5.80. The van der Waals surface area contributed by atoms with E-state index in [2.05, 4.69) is 0 Å². The van der Waals surface area contributed by atoms with Crippen molar-refractivity contribution in [2.24, 2.45) is 5.73 Å². The van der Waals surface area contributed by atoms with Crippen LogP contribution in [0, 0.1) is 5.82 Å². The van der Waals surface area contributed by atoms with E-state index in [4.69, 9.17) is 5.73 Å². The molecule has 1 saturated carbocycles. The molecule has 0 aromatic heterocycles. The highest BCUT2D eigenvalue weighted by Crippen LogP contribution is 2.34. The van der Waals surface area contributed by atoms with E-state index in [1.54, 1.807) is 12.1 Å². The molecule has 1 amide bonds. The smallest absolute Gasteiger partial charge is 0.236 e. The maximum atomic E-state index is 14.0. The molecule has 4 nitrogen and oxygen atoms in total. The summed E-state index contributed by atoms with van der Waals surface area (Å²) < 4.78 is 14.0. The predicted octanol–water partition coefficient (Wildman–Crippen LogP) is 2.11. The lowest BCUT2D eigenvalue weighted by Gasteiger charge is -2.32. The molecule has 3 N–H and O–H groups in total. The minimum Gasteiger partial charge on any atom is -0.389 e. The number of hydrogen-bond donors (Lipinski definition) is 2. The van der Waals surface area contributed by atoms with Gasteiger partial charge in [0.1, 0.15) is 5.82 Å². The van der Waals surface area contributed by atoms with Gasteiger partial charge in [-0.05, 0) is 31.9 Å². The summed E-state index contributed by atoms with van der Waals surface area (Å²) in [6.45, 7) is 1.58. The van der Waals surface area contributed by atoms with Gasteiger partial charge >= 0.3 is 0 Å². The number of aliphatic hydroxyl groups is 1. The second-order valence-electron chi connectivity index (χ2n) is 5.38. The van der Waals surface area contributed by atoms with Crippen molar-refractivity contribution in [3.63, 3.8) is 0 Å². The van der Waals surface area contributed by atoms with Crippen LogP contribution in [0.5, 0.6) is 0 Å². The SMILES string of the molecule is C[C@@H](O)c1c(F)cccc1N(CC(N)=O)C1CCCC1. The van der Waals surface area contributed by atoms with Crippen LogP contribution in [0.25, 0.3) is 0 Å². The zero-order valence-electron chi connectivity index (χ0n) is 11.7. The molecule has 1 atom stereocenters. The number of halogens is 1. The van der Waals surface area contributed by atoms with Gasteiger partial charge in [-0.1, -0.05) is 18.9 Å². The first kappa shape index (κ1) is 14.8. The second-order valence-corrected chi connectivity index (χ2v) is 5.38. The maximum Gasteiger partial charge on any atom is 0.236 e. The summed E-state index contributed by atoms with van der Waals surface area (Å²) in [6.07, 6.45) is 3.19. The van der Waals surface area contributed by atoms with Crippen molar-refractivity contribution in [1.82, 2.24) is 0 Å². The normalized spacial score (nSPS) is 17.1. The molecule has 1 aliphatic rings. The van der Waals surface area contributed by atoms with Gasteiger partial charge in [-0.3, -0.25) is 4.79 Å². The van der Waals surface area contributed by atoms with E-state index < -0.39 is 17.8 Å². The third-order valence-electron chi connectivity index (χ3n) is 3.85. The van der Waals surface area contributed by atoms with Gasteiger partial charge < -0.3 is 15.7 Å². The van der Waals surface area contributed by atoms with E-state index in [-0.39, 0.29) is 18.2 Å². The average molecular weight is 280 g/mol. The van der Waals surface area contributed by atoms with Gasteiger partial charge in [0.05, 0.1) is 12.6 Å². The Morgan fingerprint density at radius 2 is 2.15 bits per heavy atom. The van der Waals surface area contributed by atoms with Crippen molar-refractivity contribution in [3.8, 4) is 0 Å². The summed E-state index contributed by atoms with van der Waals surface area (Å²) in [7, 11) is 0. The second kappa shape index (κ2) is 6.22. The molecular weight excluding hydrogens is 259 g/mol. The number of amides is 1. The number of primary amides is 1. The molecule has 0 radical (unpaired) electrons. The van der Waals surface area contributed by atoms with Crippen LogP contribution in [-0.4, -0.2) is 23.6 Å². The Bertz CT molecular complexity index is 485. The van der Waals surface area contributed by atoms with E-state index in [1.807, 2.05) is 4.90 Å². The maximum absolute atomic E-state index is 14.0. The van der Waals surface area contributed by atoms with Crippen molar-refractivity contribution >= 4 is 11.6 Å². The Morgan fingerprint density at radius 1 is 1.50 bits per heavy atom. The molecule has 1 aromatic rings. The van der Waals surface area contributed by atoms with Crippen LogP contribution in [0.4, 0.5) is 10.1 Å². The summed E-state index contributed by atoms with van der Waals surface area (Å²) in [5.74, 6) is -0.900. The molecule has 2 rings (SSSR count). The Hall–Kier alpha value is -1.62. The Kier molecular flexibility index (Phi) is 4.60. The Balaban J connectivity index is 2.42. The lowest BCUT2D eigenvalue weighted by atomic mass is 10.0. The van der Waals surface area contributed by atoms with Crippen LogP contribution >= 0.6 is 0 Å². The third kappa shape index (κ3) is 3.10.